The van der Waals surface area contributed by atoms with Crippen LogP contribution in [0.2, 0.25) is 0 Å². The van der Waals surface area contributed by atoms with Crippen LogP contribution in [0.5, 0.6) is 11.5 Å². The van der Waals surface area contributed by atoms with Crippen LogP contribution >= 0.6 is 0 Å². The number of pyridine rings is 1. The van der Waals surface area contributed by atoms with Gasteiger partial charge in [0.25, 0.3) is 0 Å². The summed E-state index contributed by atoms with van der Waals surface area (Å²) in [6.07, 6.45) is 1.50. The number of hydrogen-bond acceptors (Lipinski definition) is 5. The highest BCUT2D eigenvalue weighted by Crippen LogP contribution is 2.51. The van der Waals surface area contributed by atoms with Crippen molar-refractivity contribution in [1.29, 1.82) is 0 Å². The minimum atomic E-state index is -0.997. The van der Waals surface area contributed by atoms with Gasteiger partial charge in [-0.2, -0.15) is 0 Å². The van der Waals surface area contributed by atoms with Crippen molar-refractivity contribution < 1.29 is 24.2 Å². The molecule has 0 radical (unpaired) electrons. The predicted molar refractivity (Wildman–Crippen MR) is 113 cm³/mol. The second-order valence-corrected chi connectivity index (χ2v) is 7.85. The standard InChI is InChI=1S/C24H20N2O5/c1-14-5-8-20(25-21(14)15-3-2-4-16(11-15)22(27)28)26-23(29)24(9-10-24)17-6-7-18-19(12-17)31-13-30-18/h2-8,11-12H,9-10,13H2,1H3,(H,27,28)(H,25,26,29). The van der Waals surface area contributed by atoms with Crippen LogP contribution in [0.3, 0.4) is 0 Å². The summed E-state index contributed by atoms with van der Waals surface area (Å²) >= 11 is 0. The van der Waals surface area contributed by atoms with Crippen LogP contribution in [0.25, 0.3) is 11.3 Å². The number of fused-ring (bicyclic) bond motifs is 1. The van der Waals surface area contributed by atoms with Gasteiger partial charge in [-0.15, -0.1) is 0 Å². The second kappa shape index (κ2) is 7.12. The first kappa shape index (κ1) is 19.1. The lowest BCUT2D eigenvalue weighted by Crippen LogP contribution is -2.28. The molecule has 2 aromatic carbocycles. The molecule has 0 atom stereocenters. The Labute approximate surface area is 178 Å². The number of rotatable bonds is 5. The smallest absolute Gasteiger partial charge is 0.335 e. The monoisotopic (exact) mass is 416 g/mol. The van der Waals surface area contributed by atoms with E-state index in [9.17, 15) is 14.7 Å². The Morgan fingerprint density at radius 3 is 2.61 bits per heavy atom. The molecular formula is C24H20N2O5. The third-order valence-electron chi connectivity index (χ3n) is 5.83. The number of aromatic carboxylic acids is 1. The van der Waals surface area contributed by atoms with Crippen LogP contribution in [-0.2, 0) is 10.2 Å². The zero-order chi connectivity index (χ0) is 21.6. The van der Waals surface area contributed by atoms with Gasteiger partial charge in [-0.05, 0) is 61.2 Å². The van der Waals surface area contributed by atoms with Crippen LogP contribution in [0, 0.1) is 6.92 Å². The van der Waals surface area contributed by atoms with Crippen molar-refractivity contribution in [2.45, 2.75) is 25.2 Å². The van der Waals surface area contributed by atoms with Gasteiger partial charge < -0.3 is 19.9 Å². The maximum atomic E-state index is 13.2. The lowest BCUT2D eigenvalue weighted by atomic mass is 9.94. The lowest BCUT2D eigenvalue weighted by molar-refractivity contribution is -0.118. The first-order valence-corrected chi connectivity index (χ1v) is 9.99. The number of aryl methyl sites for hydroxylation is 1. The summed E-state index contributed by atoms with van der Waals surface area (Å²) in [4.78, 5) is 29.1. The van der Waals surface area contributed by atoms with Crippen LogP contribution < -0.4 is 14.8 Å². The molecule has 3 aromatic rings. The number of anilines is 1. The number of nitrogens with one attached hydrogen (secondary N) is 1. The minimum Gasteiger partial charge on any atom is -0.478 e. The van der Waals surface area contributed by atoms with Crippen molar-refractivity contribution in [3.63, 3.8) is 0 Å². The fourth-order valence-electron chi connectivity index (χ4n) is 3.89. The Bertz CT molecular complexity index is 1220. The highest BCUT2D eigenvalue weighted by Gasteiger charge is 2.51. The third-order valence-corrected chi connectivity index (χ3v) is 5.83. The molecule has 1 amide bonds. The van der Waals surface area contributed by atoms with Crippen molar-refractivity contribution in [2.75, 3.05) is 12.1 Å². The van der Waals surface area contributed by atoms with Gasteiger partial charge >= 0.3 is 5.97 Å². The highest BCUT2D eigenvalue weighted by atomic mass is 16.7. The van der Waals surface area contributed by atoms with E-state index in [2.05, 4.69) is 10.3 Å². The number of benzene rings is 2. The van der Waals surface area contributed by atoms with Crippen LogP contribution in [0.15, 0.2) is 54.6 Å². The summed E-state index contributed by atoms with van der Waals surface area (Å²) in [5, 5.41) is 12.2. The van der Waals surface area contributed by atoms with Crippen molar-refractivity contribution >= 4 is 17.7 Å². The highest BCUT2D eigenvalue weighted by molar-refractivity contribution is 6.01. The van der Waals surface area contributed by atoms with Crippen molar-refractivity contribution in [3.8, 4) is 22.8 Å². The van der Waals surface area contributed by atoms with Crippen LogP contribution in [0.4, 0.5) is 5.82 Å². The summed E-state index contributed by atoms with van der Waals surface area (Å²) in [6.45, 7) is 2.09. The quantitative estimate of drug-likeness (QED) is 0.648. The first-order chi connectivity index (χ1) is 15.0. The molecule has 1 saturated carbocycles. The topological polar surface area (TPSA) is 97.8 Å². The number of amides is 1. The van der Waals surface area contributed by atoms with Crippen molar-refractivity contribution in [1.82, 2.24) is 4.98 Å². The van der Waals surface area contributed by atoms with Gasteiger partial charge in [-0.1, -0.05) is 24.3 Å². The SMILES string of the molecule is Cc1ccc(NC(=O)C2(c3ccc4c(c3)OCO4)CC2)nc1-c1cccc(C(=O)O)c1. The maximum absolute atomic E-state index is 13.2. The third kappa shape index (κ3) is 3.38. The summed E-state index contributed by atoms with van der Waals surface area (Å²) in [6, 6.07) is 15.9. The van der Waals surface area contributed by atoms with Crippen LogP contribution in [0.1, 0.15) is 34.3 Å². The number of carboxylic acids is 1. The number of ether oxygens (including phenoxy) is 2. The van der Waals surface area contributed by atoms with E-state index in [0.29, 0.717) is 28.6 Å². The van der Waals surface area contributed by atoms with Gasteiger partial charge in [-0.25, -0.2) is 9.78 Å². The van der Waals surface area contributed by atoms with Gasteiger partial charge in [0.2, 0.25) is 12.7 Å². The molecule has 1 aliphatic heterocycles. The molecular weight excluding hydrogens is 396 g/mol. The maximum Gasteiger partial charge on any atom is 0.335 e. The van der Waals surface area contributed by atoms with E-state index in [1.54, 1.807) is 18.2 Å². The van der Waals surface area contributed by atoms with E-state index in [4.69, 9.17) is 9.47 Å². The average Bonchev–Trinajstić information content (AvgIpc) is 3.46. The second-order valence-electron chi connectivity index (χ2n) is 7.85. The average molecular weight is 416 g/mol. The van der Waals surface area contributed by atoms with E-state index < -0.39 is 11.4 Å². The van der Waals surface area contributed by atoms with Gasteiger partial charge in [0.1, 0.15) is 5.82 Å². The number of nitrogens with zero attached hydrogens (tertiary/aromatic N) is 1. The molecule has 0 unspecified atom stereocenters. The molecule has 31 heavy (non-hydrogen) atoms. The Morgan fingerprint density at radius 2 is 1.84 bits per heavy atom. The van der Waals surface area contributed by atoms with E-state index >= 15 is 0 Å². The van der Waals surface area contributed by atoms with Gasteiger partial charge in [-0.3, -0.25) is 4.79 Å². The summed E-state index contributed by atoms with van der Waals surface area (Å²) in [7, 11) is 0. The number of carbonyl (C=O) groups excluding carboxylic acids is 1. The molecule has 1 aromatic heterocycles. The Kier molecular flexibility index (Phi) is 4.39. The van der Waals surface area contributed by atoms with E-state index in [1.807, 2.05) is 37.3 Å². The lowest BCUT2D eigenvalue weighted by Gasteiger charge is -2.17. The normalized spacial score (nSPS) is 15.4. The zero-order valence-corrected chi connectivity index (χ0v) is 16.8. The van der Waals surface area contributed by atoms with Gasteiger partial charge in [0.05, 0.1) is 16.7 Å². The molecule has 7 heteroatoms. The molecule has 2 heterocycles. The van der Waals surface area contributed by atoms with E-state index in [-0.39, 0.29) is 18.3 Å². The number of hydrogen-bond donors (Lipinski definition) is 2. The molecule has 156 valence electrons. The Balaban J connectivity index is 1.42. The van der Waals surface area contributed by atoms with Gasteiger partial charge in [0, 0.05) is 5.56 Å². The number of aromatic nitrogens is 1. The Morgan fingerprint density at radius 1 is 1.03 bits per heavy atom. The zero-order valence-electron chi connectivity index (χ0n) is 16.8. The molecule has 0 bridgehead atoms. The number of carbonyl (C=O) groups is 2. The molecule has 1 fully saturated rings. The summed E-state index contributed by atoms with van der Waals surface area (Å²) in [5.74, 6) is 0.661. The first-order valence-electron chi connectivity index (χ1n) is 9.99. The molecule has 0 spiro atoms. The summed E-state index contributed by atoms with van der Waals surface area (Å²) < 4.78 is 10.8. The van der Waals surface area contributed by atoms with Crippen LogP contribution in [-0.4, -0.2) is 28.8 Å². The molecule has 0 saturated heterocycles. The van der Waals surface area contributed by atoms with E-state index in [0.717, 1.165) is 24.0 Å². The largest absolute Gasteiger partial charge is 0.478 e. The van der Waals surface area contributed by atoms with Gasteiger partial charge in [0.15, 0.2) is 11.5 Å². The van der Waals surface area contributed by atoms with Crippen molar-refractivity contribution in [3.05, 3.63) is 71.3 Å². The molecule has 2 aliphatic rings. The van der Waals surface area contributed by atoms with Crippen molar-refractivity contribution in [2.24, 2.45) is 0 Å². The van der Waals surface area contributed by atoms with E-state index in [1.165, 1.54) is 6.07 Å². The fourth-order valence-corrected chi connectivity index (χ4v) is 3.89. The molecule has 7 nitrogen and oxygen atoms in total. The Hall–Kier alpha value is -3.87. The molecule has 1 aliphatic carbocycles. The molecule has 5 rings (SSSR count). The predicted octanol–water partition coefficient (Wildman–Crippen LogP) is 4.15. The summed E-state index contributed by atoms with van der Waals surface area (Å²) in [5.41, 5.74) is 2.69. The molecule has 2 N–H and O–H groups in total. The minimum absolute atomic E-state index is 0.118. The number of carboxylic acid groups (broad SMARTS) is 1. The fraction of sp³-hybridized carbons (Fsp3) is 0.208.